The van der Waals surface area contributed by atoms with Gasteiger partial charge in [0.05, 0.1) is 16.6 Å². The second kappa shape index (κ2) is 5.32. The van der Waals surface area contributed by atoms with E-state index in [2.05, 4.69) is 5.43 Å². The summed E-state index contributed by atoms with van der Waals surface area (Å²) in [4.78, 5) is 23.7. The van der Waals surface area contributed by atoms with Crippen LogP contribution in [0.1, 0.15) is 29.4 Å². The summed E-state index contributed by atoms with van der Waals surface area (Å²) in [5.41, 5.74) is 2.44. The number of nitrogens with one attached hydrogen (secondary N) is 1. The molecule has 0 unspecified atom stereocenters. The molecule has 0 spiro atoms. The lowest BCUT2D eigenvalue weighted by atomic mass is 10.0. The van der Waals surface area contributed by atoms with Gasteiger partial charge in [0.2, 0.25) is 0 Å². The Balaban J connectivity index is 2.91. The van der Waals surface area contributed by atoms with Crippen molar-refractivity contribution in [3.8, 4) is 0 Å². The van der Waals surface area contributed by atoms with Crippen LogP contribution >= 0.6 is 0 Å². The predicted molar refractivity (Wildman–Crippen MR) is 74.4 cm³/mol. The molecule has 0 aliphatic heterocycles. The van der Waals surface area contributed by atoms with Crippen LogP contribution in [-0.4, -0.2) is 22.3 Å². The number of halogens is 1. The molecule has 5 nitrogen and oxygen atoms in total. The fourth-order valence-corrected chi connectivity index (χ4v) is 2.20. The Kier molecular flexibility index (Phi) is 3.74. The molecule has 0 bridgehead atoms. The van der Waals surface area contributed by atoms with Gasteiger partial charge in [0, 0.05) is 11.9 Å². The second-order valence-electron chi connectivity index (χ2n) is 4.48. The molecule has 0 fully saturated rings. The second-order valence-corrected chi connectivity index (χ2v) is 4.48. The standard InChI is InChI=1S/C14H15FN2O3/c1-3-7-16-17-8(2)11(14(19)20)9-5-4-6-10(15)12(9)13(17)18/h4-6,16H,3,7H2,1-2H3,(H,19,20)/i15-1. The lowest BCUT2D eigenvalue weighted by molar-refractivity contribution is 0.0697. The van der Waals surface area contributed by atoms with Crippen LogP contribution in [0.2, 0.25) is 0 Å². The van der Waals surface area contributed by atoms with Crippen molar-refractivity contribution < 1.29 is 14.3 Å². The van der Waals surface area contributed by atoms with Crippen LogP contribution in [0.3, 0.4) is 0 Å². The molecule has 0 amide bonds. The summed E-state index contributed by atoms with van der Waals surface area (Å²) in [5, 5.41) is 9.24. The number of aromatic carboxylic acids is 1. The van der Waals surface area contributed by atoms with Crippen molar-refractivity contribution in [2.75, 3.05) is 12.0 Å². The van der Waals surface area contributed by atoms with Gasteiger partial charge in [-0.1, -0.05) is 19.1 Å². The maximum absolute atomic E-state index is 13.9. The smallest absolute Gasteiger partial charge is 0.338 e. The van der Waals surface area contributed by atoms with E-state index < -0.39 is 17.3 Å². The van der Waals surface area contributed by atoms with Gasteiger partial charge in [0.15, 0.2) is 0 Å². The van der Waals surface area contributed by atoms with Gasteiger partial charge < -0.3 is 10.5 Å². The Morgan fingerprint density at radius 1 is 1.45 bits per heavy atom. The summed E-state index contributed by atoms with van der Waals surface area (Å²) in [6.45, 7) is 3.92. The van der Waals surface area contributed by atoms with Crippen LogP contribution in [0, 0.1) is 12.7 Å². The van der Waals surface area contributed by atoms with Gasteiger partial charge >= 0.3 is 5.97 Å². The quantitative estimate of drug-likeness (QED) is 0.897. The van der Waals surface area contributed by atoms with Crippen molar-refractivity contribution in [1.29, 1.82) is 0 Å². The van der Waals surface area contributed by atoms with E-state index in [9.17, 15) is 19.1 Å². The zero-order chi connectivity index (χ0) is 14.9. The molecular weight excluding hydrogens is 262 g/mol. The first-order valence-electron chi connectivity index (χ1n) is 6.30. The Hall–Kier alpha value is -2.37. The molecule has 2 N–H and O–H groups in total. The van der Waals surface area contributed by atoms with E-state index in [1.807, 2.05) is 6.92 Å². The van der Waals surface area contributed by atoms with E-state index in [1.54, 1.807) is 0 Å². The summed E-state index contributed by atoms with van der Waals surface area (Å²) in [6, 6.07) is 3.99. The van der Waals surface area contributed by atoms with Gasteiger partial charge in [0.25, 0.3) is 5.56 Å². The minimum atomic E-state index is -1.19. The molecule has 106 valence electrons. The molecule has 1 aromatic heterocycles. The van der Waals surface area contributed by atoms with Crippen LogP contribution in [0.4, 0.5) is 4.39 Å². The summed E-state index contributed by atoms with van der Waals surface area (Å²) in [7, 11) is 0. The molecule has 2 aromatic rings. The topological polar surface area (TPSA) is 71.3 Å². The predicted octanol–water partition coefficient (Wildman–Crippen LogP) is 2.10. The highest BCUT2D eigenvalue weighted by Crippen LogP contribution is 2.21. The van der Waals surface area contributed by atoms with Gasteiger partial charge in [-0.2, -0.15) is 0 Å². The van der Waals surface area contributed by atoms with Gasteiger partial charge in [-0.25, -0.2) is 13.9 Å². The van der Waals surface area contributed by atoms with Crippen molar-refractivity contribution in [3.63, 3.8) is 0 Å². The highest BCUT2D eigenvalue weighted by atomic mass is 18.2. The van der Waals surface area contributed by atoms with Crippen LogP contribution in [-0.2, 0) is 0 Å². The van der Waals surface area contributed by atoms with Crippen molar-refractivity contribution in [1.82, 2.24) is 4.68 Å². The Bertz CT molecular complexity index is 737. The van der Waals surface area contributed by atoms with E-state index in [4.69, 9.17) is 0 Å². The number of carboxylic acids is 1. The van der Waals surface area contributed by atoms with Crippen LogP contribution < -0.4 is 11.0 Å². The highest BCUT2D eigenvalue weighted by molar-refractivity contribution is 6.04. The zero-order valence-corrected chi connectivity index (χ0v) is 11.2. The molecule has 2 rings (SSSR count). The minimum Gasteiger partial charge on any atom is -0.478 e. The maximum atomic E-state index is 13.9. The van der Waals surface area contributed by atoms with Crippen molar-refractivity contribution in [2.45, 2.75) is 20.3 Å². The van der Waals surface area contributed by atoms with Gasteiger partial charge in [-0.15, -0.1) is 0 Å². The molecule has 0 radical (unpaired) electrons. The Morgan fingerprint density at radius 2 is 2.15 bits per heavy atom. The van der Waals surface area contributed by atoms with Crippen LogP contribution in [0.15, 0.2) is 23.0 Å². The number of benzene rings is 1. The summed E-state index contributed by atoms with van der Waals surface area (Å²) >= 11 is 0. The average molecular weight is 277 g/mol. The van der Waals surface area contributed by atoms with Crippen LogP contribution in [0.5, 0.6) is 0 Å². The molecule has 0 saturated carbocycles. The number of fused-ring (bicyclic) bond motifs is 1. The number of nitrogens with zero attached hydrogens (tertiary/aromatic N) is 1. The Labute approximate surface area is 114 Å². The molecule has 20 heavy (non-hydrogen) atoms. The number of hydrogen-bond donors (Lipinski definition) is 2. The van der Waals surface area contributed by atoms with E-state index in [0.29, 0.717) is 6.54 Å². The molecule has 1 aromatic carbocycles. The number of carboxylic acid groups (broad SMARTS) is 1. The minimum absolute atomic E-state index is 0.0669. The molecule has 1 heterocycles. The first kappa shape index (κ1) is 14.0. The third-order valence-electron chi connectivity index (χ3n) is 3.13. The third-order valence-corrected chi connectivity index (χ3v) is 3.13. The number of aromatic nitrogens is 1. The monoisotopic (exact) mass is 277 g/mol. The first-order valence-corrected chi connectivity index (χ1v) is 6.30. The lowest BCUT2D eigenvalue weighted by Crippen LogP contribution is -2.33. The third kappa shape index (κ3) is 2.13. The number of pyridine rings is 1. The summed E-state index contributed by atoms with van der Waals surface area (Å²) < 4.78 is 15.0. The fourth-order valence-electron chi connectivity index (χ4n) is 2.20. The zero-order valence-electron chi connectivity index (χ0n) is 11.2. The molecule has 0 atom stereocenters. The largest absolute Gasteiger partial charge is 0.478 e. The number of rotatable bonds is 4. The van der Waals surface area contributed by atoms with E-state index >= 15 is 0 Å². The van der Waals surface area contributed by atoms with Gasteiger partial charge in [-0.3, -0.25) is 4.79 Å². The number of hydrogen-bond acceptors (Lipinski definition) is 3. The normalized spacial score (nSPS) is 10.8. The Morgan fingerprint density at radius 3 is 2.75 bits per heavy atom. The average Bonchev–Trinajstić information content (AvgIpc) is 2.38. The van der Waals surface area contributed by atoms with Crippen molar-refractivity contribution in [3.05, 3.63) is 45.6 Å². The molecule has 0 aliphatic carbocycles. The lowest BCUT2D eigenvalue weighted by Gasteiger charge is -2.16. The van der Waals surface area contributed by atoms with E-state index in [-0.39, 0.29) is 22.0 Å². The van der Waals surface area contributed by atoms with Crippen molar-refractivity contribution in [2.24, 2.45) is 0 Å². The van der Waals surface area contributed by atoms with Crippen LogP contribution in [0.25, 0.3) is 10.8 Å². The highest BCUT2D eigenvalue weighted by Gasteiger charge is 2.20. The van der Waals surface area contributed by atoms with Crippen molar-refractivity contribution >= 4 is 16.7 Å². The molecule has 0 saturated heterocycles. The van der Waals surface area contributed by atoms with Gasteiger partial charge in [-0.05, 0) is 19.4 Å². The molecule has 0 aliphatic rings. The first-order chi connectivity index (χ1) is 9.49. The fraction of sp³-hybridized carbons (Fsp3) is 0.286. The summed E-state index contributed by atoms with van der Waals surface area (Å²) in [5.74, 6) is -1.91. The van der Waals surface area contributed by atoms with Gasteiger partial charge in [0.1, 0.15) is 5.82 Å². The van der Waals surface area contributed by atoms with E-state index in [1.165, 1.54) is 19.1 Å². The summed E-state index contributed by atoms with van der Waals surface area (Å²) in [6.07, 6.45) is 0.754. The maximum Gasteiger partial charge on any atom is 0.338 e. The SMILES string of the molecule is CCCNn1c(C)c(C(=O)O)c2cccc([18F])c2c1=O. The molecule has 6 heteroatoms. The number of carbonyl (C=O) groups is 1. The molecular formula is C14H15FN2O3. The van der Waals surface area contributed by atoms with E-state index in [0.717, 1.165) is 17.2 Å².